The molecule has 0 bridgehead atoms. The van der Waals surface area contributed by atoms with Gasteiger partial charge < -0.3 is 15.5 Å². The lowest BCUT2D eigenvalue weighted by molar-refractivity contribution is -0.201. The Morgan fingerprint density at radius 2 is 1.81 bits per heavy atom. The number of hydroxylamine groups is 2. The lowest BCUT2D eigenvalue weighted by Gasteiger charge is -2.36. The summed E-state index contributed by atoms with van der Waals surface area (Å²) in [5, 5.41) is 1.76. The Morgan fingerprint density at radius 1 is 1.19 bits per heavy atom. The summed E-state index contributed by atoms with van der Waals surface area (Å²) < 4.78 is 0. The van der Waals surface area contributed by atoms with Gasteiger partial charge in [0.15, 0.2) is 0 Å². The molecule has 1 heterocycles. The minimum Gasteiger partial charge on any atom is -0.399 e. The van der Waals surface area contributed by atoms with Crippen molar-refractivity contribution in [2.75, 3.05) is 36.8 Å². The first kappa shape index (κ1) is 15.6. The number of carbonyl (C=O) groups is 1. The molecule has 5 nitrogen and oxygen atoms in total. The van der Waals surface area contributed by atoms with Crippen molar-refractivity contribution in [2.45, 2.75) is 27.7 Å². The maximum Gasteiger partial charge on any atom is 0.330 e. The second kappa shape index (κ2) is 5.93. The first-order chi connectivity index (χ1) is 9.77. The van der Waals surface area contributed by atoms with Gasteiger partial charge in [-0.05, 0) is 51.5 Å². The molecule has 2 rings (SSSR count). The van der Waals surface area contributed by atoms with Crippen molar-refractivity contribution < 1.29 is 9.63 Å². The fourth-order valence-electron chi connectivity index (χ4n) is 2.31. The standard InChI is InChI=1S/C16H25N3O2/c1-12-11-13(17)5-6-14(12)18-7-9-19(10-8-18)21-15(20)16(2,3)4/h5-6,11H,7-10,17H2,1-4H3. The zero-order valence-corrected chi connectivity index (χ0v) is 13.3. The quantitative estimate of drug-likeness (QED) is 0.847. The molecular weight excluding hydrogens is 266 g/mol. The molecular formula is C16H25N3O2. The maximum absolute atomic E-state index is 11.9. The number of carbonyl (C=O) groups excluding carboxylic acids is 1. The van der Waals surface area contributed by atoms with Crippen LogP contribution in [0.4, 0.5) is 11.4 Å². The summed E-state index contributed by atoms with van der Waals surface area (Å²) in [6.07, 6.45) is 0. The number of nitrogens with zero attached hydrogens (tertiary/aromatic N) is 2. The molecule has 5 heteroatoms. The van der Waals surface area contributed by atoms with Gasteiger partial charge in [0.1, 0.15) is 0 Å². The first-order valence-electron chi connectivity index (χ1n) is 7.36. The zero-order valence-electron chi connectivity index (χ0n) is 13.3. The number of rotatable bonds is 2. The number of nitrogens with two attached hydrogens (primary N) is 1. The summed E-state index contributed by atoms with van der Waals surface area (Å²) in [7, 11) is 0. The van der Waals surface area contributed by atoms with E-state index in [0.29, 0.717) is 13.1 Å². The molecule has 0 aliphatic carbocycles. The molecule has 0 unspecified atom stereocenters. The molecule has 1 aliphatic heterocycles. The summed E-state index contributed by atoms with van der Waals surface area (Å²) in [6.45, 7) is 10.8. The van der Waals surface area contributed by atoms with Crippen molar-refractivity contribution in [3.63, 3.8) is 0 Å². The van der Waals surface area contributed by atoms with Crippen LogP contribution in [0, 0.1) is 12.3 Å². The molecule has 1 aromatic rings. The average molecular weight is 291 g/mol. The van der Waals surface area contributed by atoms with Gasteiger partial charge in [-0.25, -0.2) is 4.79 Å². The van der Waals surface area contributed by atoms with Gasteiger partial charge in [-0.2, -0.15) is 0 Å². The third-order valence-electron chi connectivity index (χ3n) is 3.62. The highest BCUT2D eigenvalue weighted by Crippen LogP contribution is 2.24. The van der Waals surface area contributed by atoms with Crippen LogP contribution in [0.5, 0.6) is 0 Å². The van der Waals surface area contributed by atoms with Crippen LogP contribution >= 0.6 is 0 Å². The Labute approximate surface area is 126 Å². The largest absolute Gasteiger partial charge is 0.399 e. The van der Waals surface area contributed by atoms with E-state index in [9.17, 15) is 4.79 Å². The smallest absolute Gasteiger partial charge is 0.330 e. The van der Waals surface area contributed by atoms with Gasteiger partial charge in [0.2, 0.25) is 0 Å². The third kappa shape index (κ3) is 3.88. The maximum atomic E-state index is 11.9. The van der Waals surface area contributed by atoms with E-state index in [1.165, 1.54) is 11.3 Å². The summed E-state index contributed by atoms with van der Waals surface area (Å²) in [6, 6.07) is 5.97. The molecule has 1 aromatic carbocycles. The normalized spacial score (nSPS) is 16.9. The summed E-state index contributed by atoms with van der Waals surface area (Å²) in [4.78, 5) is 19.6. The molecule has 1 saturated heterocycles. The highest BCUT2D eigenvalue weighted by Gasteiger charge is 2.28. The second-order valence-electron chi connectivity index (χ2n) is 6.59. The molecule has 0 radical (unpaired) electrons. The lowest BCUT2D eigenvalue weighted by Crippen LogP contribution is -2.48. The van der Waals surface area contributed by atoms with E-state index in [0.717, 1.165) is 18.8 Å². The minimum absolute atomic E-state index is 0.181. The summed E-state index contributed by atoms with van der Waals surface area (Å²) >= 11 is 0. The number of piperazine rings is 1. The number of nitrogen functional groups attached to an aromatic ring is 1. The van der Waals surface area contributed by atoms with E-state index >= 15 is 0 Å². The van der Waals surface area contributed by atoms with Crippen LogP contribution in [0.1, 0.15) is 26.3 Å². The minimum atomic E-state index is -0.468. The van der Waals surface area contributed by atoms with E-state index in [1.807, 2.05) is 32.9 Å². The van der Waals surface area contributed by atoms with Crippen LogP contribution in [0.3, 0.4) is 0 Å². The van der Waals surface area contributed by atoms with Gasteiger partial charge in [0.05, 0.1) is 18.5 Å². The van der Waals surface area contributed by atoms with Gasteiger partial charge in [-0.15, -0.1) is 5.06 Å². The molecule has 0 spiro atoms. The summed E-state index contributed by atoms with van der Waals surface area (Å²) in [5.41, 5.74) is 8.48. The van der Waals surface area contributed by atoms with Crippen molar-refractivity contribution >= 4 is 17.3 Å². The molecule has 1 fully saturated rings. The zero-order chi connectivity index (χ0) is 15.6. The number of benzene rings is 1. The Bertz CT molecular complexity index is 515. The van der Waals surface area contributed by atoms with Crippen LogP contribution in [-0.2, 0) is 9.63 Å². The lowest BCUT2D eigenvalue weighted by atomic mass is 9.98. The van der Waals surface area contributed by atoms with Gasteiger partial charge in [-0.3, -0.25) is 0 Å². The van der Waals surface area contributed by atoms with E-state index in [4.69, 9.17) is 10.6 Å². The van der Waals surface area contributed by atoms with E-state index in [2.05, 4.69) is 17.9 Å². The van der Waals surface area contributed by atoms with Gasteiger partial charge in [0, 0.05) is 24.5 Å². The molecule has 0 aromatic heterocycles. The van der Waals surface area contributed by atoms with Crippen molar-refractivity contribution in [3.8, 4) is 0 Å². The Kier molecular flexibility index (Phi) is 4.42. The summed E-state index contributed by atoms with van der Waals surface area (Å²) in [5.74, 6) is -0.181. The van der Waals surface area contributed by atoms with Crippen molar-refractivity contribution in [1.82, 2.24) is 5.06 Å². The van der Waals surface area contributed by atoms with Crippen molar-refractivity contribution in [3.05, 3.63) is 23.8 Å². The predicted molar refractivity (Wildman–Crippen MR) is 84.9 cm³/mol. The van der Waals surface area contributed by atoms with E-state index in [1.54, 1.807) is 5.06 Å². The van der Waals surface area contributed by atoms with E-state index < -0.39 is 5.41 Å². The van der Waals surface area contributed by atoms with Crippen LogP contribution in [0.25, 0.3) is 0 Å². The Morgan fingerprint density at radius 3 is 2.33 bits per heavy atom. The molecule has 1 aliphatic rings. The van der Waals surface area contributed by atoms with Crippen molar-refractivity contribution in [1.29, 1.82) is 0 Å². The van der Waals surface area contributed by atoms with Gasteiger partial charge in [0.25, 0.3) is 0 Å². The van der Waals surface area contributed by atoms with E-state index in [-0.39, 0.29) is 5.97 Å². The van der Waals surface area contributed by atoms with Gasteiger partial charge in [-0.1, -0.05) is 0 Å². The highest BCUT2D eigenvalue weighted by atomic mass is 16.7. The fraction of sp³-hybridized carbons (Fsp3) is 0.562. The molecule has 2 N–H and O–H groups in total. The Balaban J connectivity index is 1.93. The van der Waals surface area contributed by atoms with Crippen LogP contribution in [0.2, 0.25) is 0 Å². The molecule has 0 atom stereocenters. The molecule has 0 amide bonds. The number of anilines is 2. The first-order valence-corrected chi connectivity index (χ1v) is 7.36. The molecule has 0 saturated carbocycles. The Hall–Kier alpha value is -1.75. The van der Waals surface area contributed by atoms with Crippen LogP contribution < -0.4 is 10.6 Å². The van der Waals surface area contributed by atoms with Crippen LogP contribution in [0.15, 0.2) is 18.2 Å². The SMILES string of the molecule is Cc1cc(N)ccc1N1CCN(OC(=O)C(C)(C)C)CC1. The number of aryl methyl sites for hydroxylation is 1. The highest BCUT2D eigenvalue weighted by molar-refractivity contribution is 5.75. The van der Waals surface area contributed by atoms with Crippen molar-refractivity contribution in [2.24, 2.45) is 5.41 Å². The topological polar surface area (TPSA) is 58.8 Å². The average Bonchev–Trinajstić information content (AvgIpc) is 2.39. The monoisotopic (exact) mass is 291 g/mol. The third-order valence-corrected chi connectivity index (χ3v) is 3.62. The van der Waals surface area contributed by atoms with Gasteiger partial charge >= 0.3 is 5.97 Å². The van der Waals surface area contributed by atoms with Crippen LogP contribution in [-0.4, -0.2) is 37.2 Å². The number of hydrogen-bond donors (Lipinski definition) is 1. The number of hydrogen-bond acceptors (Lipinski definition) is 5. The predicted octanol–water partition coefficient (Wildman–Crippen LogP) is 2.20. The molecule has 21 heavy (non-hydrogen) atoms. The molecule has 116 valence electrons. The second-order valence-corrected chi connectivity index (χ2v) is 6.59. The fourth-order valence-corrected chi connectivity index (χ4v) is 2.31.